The first-order valence-corrected chi connectivity index (χ1v) is 43.8. The molecule has 12 nitrogen and oxygen atoms in total. The van der Waals surface area contributed by atoms with Crippen molar-refractivity contribution in [2.24, 2.45) is 5.73 Å². The number of ether oxygens (including phenoxy) is 2. The number of thiol groups is 1. The van der Waals surface area contributed by atoms with Crippen molar-refractivity contribution in [3.05, 3.63) is 363 Å². The molecule has 7 N–H and O–H groups in total. The van der Waals surface area contributed by atoms with Gasteiger partial charge in [0, 0.05) is 54.9 Å². The average Bonchev–Trinajstić information content (AvgIpc) is 1.64. The van der Waals surface area contributed by atoms with Gasteiger partial charge in [-0.2, -0.15) is 12.6 Å². The van der Waals surface area contributed by atoms with Gasteiger partial charge in [0.25, 0.3) is 11.8 Å². The monoisotopic (exact) mass is 1820 g/mol. The summed E-state index contributed by atoms with van der Waals surface area (Å²) in [6.45, 7) is 22.7. The number of aryl methyl sites for hydroxylation is 10. The van der Waals surface area contributed by atoms with Crippen molar-refractivity contribution in [1.82, 2.24) is 4.90 Å². The van der Waals surface area contributed by atoms with Crippen molar-refractivity contribution >= 4 is 184 Å². The first kappa shape index (κ1) is 105. The number of thioether (sulfide) groups is 4. The van der Waals surface area contributed by atoms with E-state index in [2.05, 4.69) is 369 Å². The molecule has 11 aromatic rings. The van der Waals surface area contributed by atoms with Crippen LogP contribution in [0.4, 0.5) is 0 Å². The number of nitrogens with two attached hydrogens (primary N) is 1. The quantitative estimate of drug-likeness (QED) is 0.00558. The minimum Gasteiger partial charge on any atom is -1.00 e. The molecular weight excluding hydrogens is 1710 g/mol. The Bertz CT molecular complexity index is 5010. The van der Waals surface area contributed by atoms with Gasteiger partial charge in [-0.3, -0.25) is 24.1 Å². The number of aliphatic hydroxyl groups is 1. The normalized spacial score (nSPS) is 11.0. The number of imide groups is 1. The van der Waals surface area contributed by atoms with E-state index in [1.54, 1.807) is 59.6 Å². The van der Waals surface area contributed by atoms with Crippen molar-refractivity contribution in [2.45, 2.75) is 88.8 Å². The molecule has 0 atom stereocenters. The molecular formula is C100H115AlILiN4O8S5. The van der Waals surface area contributed by atoms with Crippen LogP contribution >= 0.6 is 82.3 Å². The Morgan fingerprint density at radius 1 is 0.417 bits per heavy atom. The van der Waals surface area contributed by atoms with Gasteiger partial charge >= 0.3 is 30.8 Å². The number of carbonyl (C=O) groups excluding carboxylic acids is 4. The van der Waals surface area contributed by atoms with Gasteiger partial charge in [-0.25, -0.2) is 11.1 Å². The van der Waals surface area contributed by atoms with Crippen LogP contribution in [-0.4, -0.2) is 119 Å². The van der Waals surface area contributed by atoms with Crippen LogP contribution < -0.4 is 24.6 Å². The maximum atomic E-state index is 12.5. The molecule has 0 fully saturated rings. The van der Waals surface area contributed by atoms with Crippen molar-refractivity contribution in [3.63, 3.8) is 0 Å². The molecule has 0 radical (unpaired) electrons. The molecule has 0 unspecified atom stereocenters. The molecule has 0 spiro atoms. The molecule has 0 saturated carbocycles. The zero-order valence-corrected chi connectivity index (χ0v) is 76.6. The van der Waals surface area contributed by atoms with E-state index in [9.17, 15) is 19.2 Å². The van der Waals surface area contributed by atoms with E-state index in [-0.39, 0.29) is 80.7 Å². The Balaban J connectivity index is 0.000000746. The van der Waals surface area contributed by atoms with Gasteiger partial charge in [-0.15, -0.1) is 47.0 Å². The summed E-state index contributed by atoms with van der Waals surface area (Å²) in [7, 11) is 2.74. The number of benzene rings is 11. The van der Waals surface area contributed by atoms with Gasteiger partial charge in [0.1, 0.15) is 0 Å². The first-order chi connectivity index (χ1) is 56.5. The van der Waals surface area contributed by atoms with E-state index in [0.29, 0.717) is 35.7 Å². The summed E-state index contributed by atoms with van der Waals surface area (Å²) >= 11 is 12.6. The molecule has 0 aromatic heterocycles. The SMILES string of the molecule is COC(=O)CS.COC(=O)CSc1cccc(/C=C/c2c(C)cccc2C)c1.Cc1cccc(C)c1/C=C/c1cccc(I)c1.Cc1cccc(C)c1/C=C/c1cccc(SCCN)c1.Cc1cccc(C)c1/C=C/c1cccc(SCCN2C(=O)c3ccccc3C2=O)c1.Cc1cccc(C)c1/C=C/c1cccc(SCCO)c1.N=N.O.[AlH3].[H-].[HH].[Li+]. The fourth-order valence-electron chi connectivity index (χ4n) is 12.1. The fraction of sp³-hybridized carbons (Fsp3) is 0.200. The van der Waals surface area contributed by atoms with Crippen LogP contribution in [0, 0.1) is 83.9 Å². The van der Waals surface area contributed by atoms with Crippen molar-refractivity contribution in [1.29, 1.82) is 11.1 Å². The second-order valence-electron chi connectivity index (χ2n) is 27.0. The Kier molecular flexibility index (Phi) is 51.3. The van der Waals surface area contributed by atoms with Crippen molar-refractivity contribution in [3.8, 4) is 0 Å². The summed E-state index contributed by atoms with van der Waals surface area (Å²) in [6, 6.07) is 80.8. The number of hydrogen-bond donors (Lipinski definition) is 5. The molecule has 0 aliphatic carbocycles. The number of hydrogen-bond acceptors (Lipinski definition) is 15. The number of amides is 2. The first-order valence-electron chi connectivity index (χ1n) is 38.2. The predicted octanol–water partition coefficient (Wildman–Crippen LogP) is 20.8. The smallest absolute Gasteiger partial charge is 1.00 e. The van der Waals surface area contributed by atoms with Crippen LogP contribution in [0.2, 0.25) is 0 Å². The third-order valence-electron chi connectivity index (χ3n) is 18.4. The van der Waals surface area contributed by atoms with Crippen LogP contribution in [-0.2, 0) is 19.1 Å². The summed E-state index contributed by atoms with van der Waals surface area (Å²) in [4.78, 5) is 52.0. The summed E-state index contributed by atoms with van der Waals surface area (Å²) in [6.07, 6.45) is 21.6. The maximum absolute atomic E-state index is 12.5. The largest absolute Gasteiger partial charge is 1.00 e. The van der Waals surface area contributed by atoms with Crippen LogP contribution in [0.3, 0.4) is 0 Å². The molecule has 1 aliphatic rings. The van der Waals surface area contributed by atoms with E-state index in [1.807, 2.05) is 18.2 Å². The number of rotatable bonds is 24. The third-order valence-corrected chi connectivity index (χ3v) is 23.2. The summed E-state index contributed by atoms with van der Waals surface area (Å²) in [5, 5.41) is 8.88. The molecule has 624 valence electrons. The molecule has 1 aliphatic heterocycles. The van der Waals surface area contributed by atoms with Gasteiger partial charge in [0.2, 0.25) is 0 Å². The van der Waals surface area contributed by atoms with Gasteiger partial charge in [0.15, 0.2) is 17.4 Å². The second kappa shape index (κ2) is 58.3. The van der Waals surface area contributed by atoms with Crippen LogP contribution in [0.25, 0.3) is 60.8 Å². The fourth-order valence-corrected chi connectivity index (χ4v) is 16.0. The van der Waals surface area contributed by atoms with E-state index in [0.717, 1.165) is 32.4 Å². The summed E-state index contributed by atoms with van der Waals surface area (Å²) in [5.41, 5.74) is 41.9. The van der Waals surface area contributed by atoms with Gasteiger partial charge in [-0.05, 0) is 276 Å². The third kappa shape index (κ3) is 36.1. The molecule has 1 heterocycles. The Morgan fingerprint density at radius 3 is 0.950 bits per heavy atom. The van der Waals surface area contributed by atoms with Crippen LogP contribution in [0.15, 0.2) is 256 Å². The number of aliphatic hydroxyl groups excluding tert-OH is 1. The summed E-state index contributed by atoms with van der Waals surface area (Å²) < 4.78 is 10.1. The second-order valence-corrected chi connectivity index (χ2v) is 33.1. The van der Waals surface area contributed by atoms with E-state index in [4.69, 9.17) is 21.9 Å². The molecule has 12 rings (SSSR count). The molecule has 0 saturated heterocycles. The molecule has 20 heteroatoms. The Morgan fingerprint density at radius 2 is 0.683 bits per heavy atom. The average molecular weight is 1820 g/mol. The topological polar surface area (TPSA) is 215 Å². The van der Waals surface area contributed by atoms with Gasteiger partial charge < -0.3 is 27.2 Å². The number of methoxy groups -OCH3 is 2. The summed E-state index contributed by atoms with van der Waals surface area (Å²) in [5.74, 6) is 1.98. The number of halogens is 1. The predicted molar refractivity (Wildman–Crippen MR) is 530 cm³/mol. The Hall–Kier alpha value is -8.71. The molecule has 120 heavy (non-hydrogen) atoms. The molecule has 2 amide bonds. The molecule has 0 bridgehead atoms. The minimum atomic E-state index is -0.293. The van der Waals surface area contributed by atoms with Crippen molar-refractivity contribution < 1.29 is 60.9 Å². The number of esters is 2. The number of nitrogens with zero attached hydrogens (tertiary/aromatic N) is 1. The molecule has 11 aromatic carbocycles. The zero-order chi connectivity index (χ0) is 85.0. The standard InChI is InChI=1S/C26H23NO2S.C19H20O2S.C18H21NS.C18H20OS.C16H15I.C3H6O2S.Al.Li.H2N2.H2O.H2.4H/c1-18-7-5-8-19(2)22(18)14-13-20-9-6-10-21(17-20)30-16-15-27-25(28)23-11-3-4-12-24(23)26(27)29;1-14-6-4-7-15(2)18(14)11-10-16-8-5-9-17(12-16)22-13-19(20)21-3;2*1-14-5-3-6-15(2)18(14)10-9-16-7-4-8-17(13-16)20-12-11-19;1-12-5-3-6-13(2)16(12)10-9-14-7-4-8-15(17)11-14;1-5-3(4)2-6;;;1-2;;;;;;/h3-14,17H,15-16H2,1-2H3;4-12H,13H2,1-3H3;3-10,13H,11-12,19H2,1-2H3;3-10,13,19H,11-12H2,1-2H3;3-11H,1-2H3;6H,2H2,1H3;;;1-2H;1H2;1H;;;;/q;;;;;;;+1;;;;;;;-1/b14-13+;11-10+;3*10-9+;;;;;;;;;;. The number of carbonyl (C=O) groups is 4. The minimum absolute atomic E-state index is 0. The van der Waals surface area contributed by atoms with E-state index >= 15 is 0 Å². The number of fused-ring (bicyclic) bond motifs is 1. The van der Waals surface area contributed by atoms with Crippen molar-refractivity contribution in [2.75, 3.05) is 62.7 Å². The van der Waals surface area contributed by atoms with E-state index in [1.165, 1.54) is 144 Å². The zero-order valence-electron chi connectivity index (χ0n) is 71.3. The van der Waals surface area contributed by atoms with Gasteiger partial charge in [0.05, 0.1) is 43.5 Å². The van der Waals surface area contributed by atoms with Gasteiger partial charge in [-0.1, -0.05) is 225 Å². The Labute approximate surface area is 773 Å². The van der Waals surface area contributed by atoms with Crippen LogP contribution in [0.1, 0.15) is 135 Å². The van der Waals surface area contributed by atoms with E-state index < -0.39 is 0 Å². The number of nitrogens with one attached hydrogen (secondary N) is 2. The van der Waals surface area contributed by atoms with Crippen LogP contribution in [0.5, 0.6) is 0 Å². The maximum Gasteiger partial charge on any atom is 1.00 e.